The van der Waals surface area contributed by atoms with Crippen molar-refractivity contribution in [2.24, 2.45) is 0 Å². The Labute approximate surface area is 149 Å². The summed E-state index contributed by atoms with van der Waals surface area (Å²) in [6.07, 6.45) is 2.26. The molecule has 0 amide bonds. The predicted octanol–water partition coefficient (Wildman–Crippen LogP) is 2.10. The molecule has 0 bridgehead atoms. The smallest absolute Gasteiger partial charge is 0.123 e. The third kappa shape index (κ3) is 6.23. The van der Waals surface area contributed by atoms with Gasteiger partial charge < -0.3 is 10.2 Å². The molecule has 0 aromatic heterocycles. The maximum absolute atomic E-state index is 13.2. The predicted molar refractivity (Wildman–Crippen MR) is 98.3 cm³/mol. The Balaban J connectivity index is 1.98. The van der Waals surface area contributed by atoms with Crippen LogP contribution in [0, 0.1) is 5.82 Å². The number of hydrogen-bond acceptors (Lipinski definition) is 0. The van der Waals surface area contributed by atoms with Crippen molar-refractivity contribution in [2.75, 3.05) is 33.7 Å². The molecule has 3 N–H and O–H groups in total. The number of nitrogens with one attached hydrogen (secondary N) is 1. The van der Waals surface area contributed by atoms with Gasteiger partial charge in [-0.15, -0.1) is 0 Å². The monoisotopic (exact) mass is 350 g/mol. The number of benzene rings is 2. The summed E-state index contributed by atoms with van der Waals surface area (Å²) in [6, 6.07) is 14.9. The van der Waals surface area contributed by atoms with Crippen molar-refractivity contribution in [3.8, 4) is 0 Å². The molecule has 0 aliphatic rings. The quantitative estimate of drug-likeness (QED) is 0.646. The van der Waals surface area contributed by atoms with E-state index in [4.69, 9.17) is 11.6 Å². The Morgan fingerprint density at radius 2 is 1.54 bits per heavy atom. The van der Waals surface area contributed by atoms with E-state index in [-0.39, 0.29) is 11.7 Å². The maximum atomic E-state index is 13.2. The lowest BCUT2D eigenvalue weighted by molar-refractivity contribution is -0.860. The topological polar surface area (TPSA) is 21.1 Å². The normalized spacial score (nSPS) is 12.5. The molecule has 1 atom stereocenters. The average molecular weight is 351 g/mol. The summed E-state index contributed by atoms with van der Waals surface area (Å²) in [4.78, 5) is 1.49. The molecule has 0 saturated heterocycles. The lowest BCUT2D eigenvalue weighted by Gasteiger charge is -2.18. The van der Waals surface area contributed by atoms with Crippen molar-refractivity contribution in [3.63, 3.8) is 0 Å². The lowest BCUT2D eigenvalue weighted by atomic mass is 9.88. The van der Waals surface area contributed by atoms with E-state index in [2.05, 4.69) is 31.5 Å². The van der Waals surface area contributed by atoms with Crippen LogP contribution in [0.15, 0.2) is 48.5 Å². The molecule has 0 heterocycles. The average Bonchev–Trinajstić information content (AvgIpc) is 2.56. The first kappa shape index (κ1) is 18.9. The highest BCUT2D eigenvalue weighted by atomic mass is 35.5. The molecular weight excluding hydrogens is 323 g/mol. The van der Waals surface area contributed by atoms with E-state index >= 15 is 0 Å². The molecule has 130 valence electrons. The molecule has 0 radical (unpaired) electrons. The van der Waals surface area contributed by atoms with Gasteiger partial charge in [0.25, 0.3) is 0 Å². The van der Waals surface area contributed by atoms with Crippen LogP contribution in [0.5, 0.6) is 0 Å². The Morgan fingerprint density at radius 1 is 0.958 bits per heavy atom. The highest BCUT2D eigenvalue weighted by Crippen LogP contribution is 2.28. The Bertz CT molecular complexity index is 551. The second kappa shape index (κ2) is 9.77. The van der Waals surface area contributed by atoms with Crippen LogP contribution in [0.1, 0.15) is 29.9 Å². The number of quaternary nitrogens is 2. The molecule has 0 spiro atoms. The summed E-state index contributed by atoms with van der Waals surface area (Å²) >= 11 is 6.01. The summed E-state index contributed by atoms with van der Waals surface area (Å²) in [5.74, 6) is 0.0879. The minimum Gasteiger partial charge on any atom is -0.346 e. The molecule has 24 heavy (non-hydrogen) atoms. The molecule has 2 nitrogen and oxygen atoms in total. The fraction of sp³-hybridized carbons (Fsp3) is 0.400. The standard InChI is InChI=1S/C20H26ClFN2/c1-24(2)15-3-13-23-14-12-20(16-4-8-18(21)9-5-16)17-6-10-19(22)11-7-17/h4-11,20,23H,3,12-15H2,1-2H3/p+2/t20-/m1/s1. The zero-order valence-corrected chi connectivity index (χ0v) is 15.3. The minimum absolute atomic E-state index is 0.189. The molecule has 0 saturated carbocycles. The molecule has 0 unspecified atom stereocenters. The minimum atomic E-state index is -0.189. The second-order valence-corrected chi connectivity index (χ2v) is 7.06. The molecule has 0 aliphatic carbocycles. The summed E-state index contributed by atoms with van der Waals surface area (Å²) < 4.78 is 13.2. The number of hydrogen-bond donors (Lipinski definition) is 2. The SMILES string of the molecule is C[NH+](C)CCC[NH2+]CC[C@@H](c1ccc(F)cc1)c1ccc(Cl)cc1. The Morgan fingerprint density at radius 3 is 2.12 bits per heavy atom. The van der Waals surface area contributed by atoms with Crippen LogP contribution >= 0.6 is 11.6 Å². The van der Waals surface area contributed by atoms with Crippen molar-refractivity contribution >= 4 is 11.6 Å². The first-order valence-corrected chi connectivity index (χ1v) is 9.05. The van der Waals surface area contributed by atoms with Gasteiger partial charge in [0, 0.05) is 23.8 Å². The Kier molecular flexibility index (Phi) is 7.70. The van der Waals surface area contributed by atoms with Crippen LogP contribution < -0.4 is 10.2 Å². The van der Waals surface area contributed by atoms with Crippen molar-refractivity contribution in [1.82, 2.24) is 0 Å². The fourth-order valence-corrected chi connectivity index (χ4v) is 3.07. The third-order valence-electron chi connectivity index (χ3n) is 4.29. The first-order chi connectivity index (χ1) is 11.6. The first-order valence-electron chi connectivity index (χ1n) is 8.68. The van der Waals surface area contributed by atoms with E-state index in [9.17, 15) is 4.39 Å². The van der Waals surface area contributed by atoms with Crippen molar-refractivity contribution in [2.45, 2.75) is 18.8 Å². The molecule has 4 heteroatoms. The Hall–Kier alpha value is -1.42. The van der Waals surface area contributed by atoms with E-state index in [0.29, 0.717) is 0 Å². The largest absolute Gasteiger partial charge is 0.346 e. The van der Waals surface area contributed by atoms with E-state index in [1.54, 1.807) is 12.1 Å². The summed E-state index contributed by atoms with van der Waals surface area (Å²) in [6.45, 7) is 3.42. The van der Waals surface area contributed by atoms with Gasteiger partial charge in [0.1, 0.15) is 5.82 Å². The van der Waals surface area contributed by atoms with Crippen molar-refractivity contribution < 1.29 is 14.6 Å². The van der Waals surface area contributed by atoms with Gasteiger partial charge in [-0.25, -0.2) is 4.39 Å². The molecule has 2 aromatic rings. The van der Waals surface area contributed by atoms with Gasteiger partial charge in [0.05, 0.1) is 33.7 Å². The molecule has 2 aromatic carbocycles. The lowest BCUT2D eigenvalue weighted by Crippen LogP contribution is -3.06. The van der Waals surface area contributed by atoms with E-state index < -0.39 is 0 Å². The number of rotatable bonds is 9. The fourth-order valence-electron chi connectivity index (χ4n) is 2.94. The zero-order chi connectivity index (χ0) is 17.4. The zero-order valence-electron chi connectivity index (χ0n) is 14.6. The van der Waals surface area contributed by atoms with Gasteiger partial charge in [0.15, 0.2) is 0 Å². The van der Waals surface area contributed by atoms with Crippen molar-refractivity contribution in [3.05, 3.63) is 70.5 Å². The van der Waals surface area contributed by atoms with Crippen LogP contribution in [0.2, 0.25) is 5.02 Å². The summed E-state index contributed by atoms with van der Waals surface area (Å²) in [7, 11) is 4.37. The maximum Gasteiger partial charge on any atom is 0.123 e. The van der Waals surface area contributed by atoms with E-state index in [0.717, 1.165) is 30.1 Å². The third-order valence-corrected chi connectivity index (χ3v) is 4.54. The number of nitrogens with two attached hydrogens (primary N) is 1. The van der Waals surface area contributed by atoms with Crippen LogP contribution in [0.3, 0.4) is 0 Å². The van der Waals surface area contributed by atoms with Crippen molar-refractivity contribution in [1.29, 1.82) is 0 Å². The van der Waals surface area contributed by atoms with Gasteiger partial charge in [-0.2, -0.15) is 0 Å². The number of halogens is 2. The molecular formula is C20H28ClFN2+2. The summed E-state index contributed by atoms with van der Waals surface area (Å²) in [5.41, 5.74) is 2.39. The van der Waals surface area contributed by atoms with Gasteiger partial charge in [-0.05, 0) is 35.4 Å². The molecule has 2 rings (SSSR count). The highest BCUT2D eigenvalue weighted by Gasteiger charge is 2.15. The van der Waals surface area contributed by atoms with E-state index in [1.165, 1.54) is 23.4 Å². The summed E-state index contributed by atoms with van der Waals surface area (Å²) in [5, 5.41) is 3.13. The van der Waals surface area contributed by atoms with Crippen LogP contribution in [-0.4, -0.2) is 33.7 Å². The van der Waals surface area contributed by atoms with Gasteiger partial charge in [0.2, 0.25) is 0 Å². The molecule has 0 fully saturated rings. The van der Waals surface area contributed by atoms with Gasteiger partial charge in [-0.3, -0.25) is 0 Å². The van der Waals surface area contributed by atoms with Crippen LogP contribution in [0.4, 0.5) is 4.39 Å². The van der Waals surface area contributed by atoms with Gasteiger partial charge >= 0.3 is 0 Å². The van der Waals surface area contributed by atoms with Crippen LogP contribution in [0.25, 0.3) is 0 Å². The van der Waals surface area contributed by atoms with Gasteiger partial charge in [-0.1, -0.05) is 35.9 Å². The van der Waals surface area contributed by atoms with Crippen LogP contribution in [-0.2, 0) is 0 Å². The van der Waals surface area contributed by atoms with E-state index in [1.807, 2.05) is 24.3 Å². The second-order valence-electron chi connectivity index (χ2n) is 6.62. The molecule has 0 aliphatic heterocycles. The highest BCUT2D eigenvalue weighted by molar-refractivity contribution is 6.30.